The van der Waals surface area contributed by atoms with Gasteiger partial charge in [0.2, 0.25) is 5.91 Å². The molecule has 0 atom stereocenters. The number of aromatic nitrogens is 2. The first-order valence-corrected chi connectivity index (χ1v) is 6.94. The fourth-order valence-corrected chi connectivity index (χ4v) is 2.70. The summed E-state index contributed by atoms with van der Waals surface area (Å²) in [6.45, 7) is 3.63. The number of nitrogens with one attached hydrogen (secondary N) is 1. The van der Waals surface area contributed by atoms with Gasteiger partial charge in [-0.1, -0.05) is 0 Å². The zero-order chi connectivity index (χ0) is 13.9. The van der Waals surface area contributed by atoms with Gasteiger partial charge in [0, 0.05) is 62.6 Å². The largest absolute Gasteiger partial charge is 0.367 e. The highest BCUT2D eigenvalue weighted by Crippen LogP contribution is 2.25. The van der Waals surface area contributed by atoms with Crippen LogP contribution in [-0.2, 0) is 4.79 Å². The third-order valence-electron chi connectivity index (χ3n) is 3.77. The van der Waals surface area contributed by atoms with Gasteiger partial charge < -0.3 is 20.5 Å². The van der Waals surface area contributed by atoms with Gasteiger partial charge in [0.1, 0.15) is 5.65 Å². The van der Waals surface area contributed by atoms with E-state index in [1.807, 2.05) is 29.4 Å². The number of carbonyl (C=O) groups is 1. The second kappa shape index (κ2) is 5.50. The second-order valence-electron chi connectivity index (χ2n) is 4.98. The van der Waals surface area contributed by atoms with Crippen LogP contribution in [0.2, 0.25) is 0 Å². The number of pyridine rings is 1. The maximum atomic E-state index is 11.8. The predicted octanol–water partition coefficient (Wildman–Crippen LogP) is 0.560. The highest BCUT2D eigenvalue weighted by molar-refractivity contribution is 5.89. The lowest BCUT2D eigenvalue weighted by molar-refractivity contribution is -0.131. The van der Waals surface area contributed by atoms with Crippen molar-refractivity contribution in [3.63, 3.8) is 0 Å². The van der Waals surface area contributed by atoms with Gasteiger partial charge in [-0.05, 0) is 12.1 Å². The van der Waals surface area contributed by atoms with Crippen molar-refractivity contribution in [2.45, 2.75) is 6.42 Å². The minimum atomic E-state index is 0.161. The maximum absolute atomic E-state index is 11.8. The van der Waals surface area contributed by atoms with E-state index in [0.29, 0.717) is 13.0 Å². The first-order chi connectivity index (χ1) is 9.79. The number of hydrogen-bond donors (Lipinski definition) is 2. The number of H-pyrrole nitrogens is 1. The Balaban J connectivity index is 1.72. The summed E-state index contributed by atoms with van der Waals surface area (Å²) in [6.07, 6.45) is 4.17. The summed E-state index contributed by atoms with van der Waals surface area (Å²) in [5.41, 5.74) is 7.53. The number of hydrogen-bond acceptors (Lipinski definition) is 4. The second-order valence-corrected chi connectivity index (χ2v) is 4.98. The molecule has 106 valence electrons. The Morgan fingerprint density at radius 1 is 1.30 bits per heavy atom. The molecule has 6 nitrogen and oxygen atoms in total. The Labute approximate surface area is 117 Å². The highest BCUT2D eigenvalue weighted by Gasteiger charge is 2.21. The first-order valence-electron chi connectivity index (χ1n) is 6.94. The van der Waals surface area contributed by atoms with Gasteiger partial charge in [-0.2, -0.15) is 0 Å². The van der Waals surface area contributed by atoms with E-state index in [2.05, 4.69) is 14.9 Å². The molecule has 3 N–H and O–H groups in total. The average molecular weight is 273 g/mol. The predicted molar refractivity (Wildman–Crippen MR) is 78.6 cm³/mol. The van der Waals surface area contributed by atoms with E-state index >= 15 is 0 Å². The van der Waals surface area contributed by atoms with Gasteiger partial charge in [0.25, 0.3) is 0 Å². The van der Waals surface area contributed by atoms with Crippen LogP contribution in [0.5, 0.6) is 0 Å². The normalized spacial score (nSPS) is 15.8. The van der Waals surface area contributed by atoms with Crippen molar-refractivity contribution in [2.24, 2.45) is 5.73 Å². The summed E-state index contributed by atoms with van der Waals surface area (Å²) in [5.74, 6) is 0.161. The quantitative estimate of drug-likeness (QED) is 0.856. The first kappa shape index (κ1) is 12.9. The summed E-state index contributed by atoms with van der Waals surface area (Å²) in [5, 5.41) is 1.13. The molecule has 0 unspecified atom stereocenters. The van der Waals surface area contributed by atoms with Crippen LogP contribution in [0.1, 0.15) is 6.42 Å². The van der Waals surface area contributed by atoms with E-state index in [1.54, 1.807) is 0 Å². The molecule has 2 aromatic heterocycles. The van der Waals surface area contributed by atoms with Crippen LogP contribution in [0.25, 0.3) is 11.0 Å². The molecular weight excluding hydrogens is 254 g/mol. The Kier molecular flexibility index (Phi) is 3.56. The number of rotatable bonds is 3. The lowest BCUT2D eigenvalue weighted by Gasteiger charge is -2.36. The molecule has 0 aromatic carbocycles. The van der Waals surface area contributed by atoms with Crippen molar-refractivity contribution >= 4 is 22.6 Å². The lowest BCUT2D eigenvalue weighted by Crippen LogP contribution is -2.49. The Morgan fingerprint density at radius 3 is 2.85 bits per heavy atom. The molecule has 0 radical (unpaired) electrons. The molecule has 1 aliphatic rings. The van der Waals surface area contributed by atoms with Crippen LogP contribution in [0.4, 0.5) is 5.69 Å². The third kappa shape index (κ3) is 2.34. The van der Waals surface area contributed by atoms with Gasteiger partial charge in [-0.25, -0.2) is 4.98 Å². The molecule has 0 aliphatic carbocycles. The van der Waals surface area contributed by atoms with Crippen LogP contribution in [0.3, 0.4) is 0 Å². The van der Waals surface area contributed by atoms with E-state index in [1.165, 1.54) is 5.69 Å². The number of nitrogens with two attached hydrogens (primary N) is 1. The van der Waals surface area contributed by atoms with Crippen LogP contribution in [0.15, 0.2) is 24.5 Å². The summed E-state index contributed by atoms with van der Waals surface area (Å²) < 4.78 is 0. The Bertz CT molecular complexity index is 600. The van der Waals surface area contributed by atoms with Gasteiger partial charge in [-0.15, -0.1) is 0 Å². The third-order valence-corrected chi connectivity index (χ3v) is 3.77. The van der Waals surface area contributed by atoms with Gasteiger partial charge in [-0.3, -0.25) is 4.79 Å². The summed E-state index contributed by atoms with van der Waals surface area (Å²) >= 11 is 0. The molecule has 1 amide bonds. The molecule has 3 rings (SSSR count). The minimum Gasteiger partial charge on any atom is -0.367 e. The fourth-order valence-electron chi connectivity index (χ4n) is 2.70. The number of anilines is 1. The molecule has 2 aromatic rings. The van der Waals surface area contributed by atoms with Crippen LogP contribution < -0.4 is 10.6 Å². The number of aromatic amines is 1. The maximum Gasteiger partial charge on any atom is 0.223 e. The van der Waals surface area contributed by atoms with Crippen LogP contribution in [-0.4, -0.2) is 53.5 Å². The zero-order valence-corrected chi connectivity index (χ0v) is 11.4. The van der Waals surface area contributed by atoms with E-state index in [-0.39, 0.29) is 5.91 Å². The van der Waals surface area contributed by atoms with Crippen molar-refractivity contribution < 1.29 is 4.79 Å². The molecule has 1 fully saturated rings. The average Bonchev–Trinajstić information content (AvgIpc) is 2.96. The molecule has 6 heteroatoms. The molecule has 3 heterocycles. The van der Waals surface area contributed by atoms with Crippen molar-refractivity contribution in [1.82, 2.24) is 14.9 Å². The number of carbonyl (C=O) groups excluding carboxylic acids is 1. The Morgan fingerprint density at radius 2 is 2.10 bits per heavy atom. The molecule has 0 saturated carbocycles. The summed E-state index contributed by atoms with van der Waals surface area (Å²) in [4.78, 5) is 23.5. The van der Waals surface area contributed by atoms with Crippen LogP contribution in [0, 0.1) is 0 Å². The van der Waals surface area contributed by atoms with E-state index in [0.717, 1.165) is 37.2 Å². The molecule has 0 bridgehead atoms. The molecule has 1 saturated heterocycles. The fraction of sp³-hybridized carbons (Fsp3) is 0.429. The summed E-state index contributed by atoms with van der Waals surface area (Å²) in [7, 11) is 0. The topological polar surface area (TPSA) is 78.2 Å². The zero-order valence-electron chi connectivity index (χ0n) is 11.4. The minimum absolute atomic E-state index is 0.161. The Hall–Kier alpha value is -2.08. The van der Waals surface area contributed by atoms with Crippen LogP contribution >= 0.6 is 0 Å². The molecule has 0 spiro atoms. The molecule has 1 aliphatic heterocycles. The van der Waals surface area contributed by atoms with Crippen molar-refractivity contribution in [1.29, 1.82) is 0 Å². The molecule has 20 heavy (non-hydrogen) atoms. The van der Waals surface area contributed by atoms with E-state index < -0.39 is 0 Å². The standard InChI is InChI=1S/C14H19N5O/c15-4-1-13(20)19-9-7-18(8-10-19)12-3-6-17-14-11(12)2-5-16-14/h2-3,5-6H,1,4,7-10,15H2,(H,16,17). The number of piperazine rings is 1. The van der Waals surface area contributed by atoms with Gasteiger partial charge in [0.15, 0.2) is 0 Å². The monoisotopic (exact) mass is 273 g/mol. The van der Waals surface area contributed by atoms with Crippen molar-refractivity contribution in [2.75, 3.05) is 37.6 Å². The lowest BCUT2D eigenvalue weighted by atomic mass is 10.2. The number of nitrogens with zero attached hydrogens (tertiary/aromatic N) is 3. The van der Waals surface area contributed by atoms with E-state index in [4.69, 9.17) is 5.73 Å². The number of amides is 1. The van der Waals surface area contributed by atoms with Crippen molar-refractivity contribution in [3.05, 3.63) is 24.5 Å². The molecular formula is C14H19N5O. The smallest absolute Gasteiger partial charge is 0.223 e. The van der Waals surface area contributed by atoms with Gasteiger partial charge >= 0.3 is 0 Å². The SMILES string of the molecule is NCCC(=O)N1CCN(c2ccnc3[nH]ccc23)CC1. The van der Waals surface area contributed by atoms with Crippen molar-refractivity contribution in [3.8, 4) is 0 Å². The number of fused-ring (bicyclic) bond motifs is 1. The summed E-state index contributed by atoms with van der Waals surface area (Å²) in [6, 6.07) is 4.08. The van der Waals surface area contributed by atoms with E-state index in [9.17, 15) is 4.79 Å². The highest BCUT2D eigenvalue weighted by atomic mass is 16.2. The van der Waals surface area contributed by atoms with Gasteiger partial charge in [0.05, 0.1) is 0 Å².